The van der Waals surface area contributed by atoms with Crippen LogP contribution in [0.3, 0.4) is 0 Å². The van der Waals surface area contributed by atoms with Crippen molar-refractivity contribution >= 4 is 15.9 Å². The molecule has 1 aromatic heterocycles. The Morgan fingerprint density at radius 2 is 1.90 bits per heavy atom. The van der Waals surface area contributed by atoms with Crippen molar-refractivity contribution in [3.05, 3.63) is 63.4 Å². The van der Waals surface area contributed by atoms with E-state index in [-0.39, 0.29) is 6.04 Å². The van der Waals surface area contributed by atoms with Crippen LogP contribution in [0.5, 0.6) is 0 Å². The minimum absolute atomic E-state index is 0.367. The Bertz CT molecular complexity index is 641. The maximum atomic E-state index is 12.9. The van der Waals surface area contributed by atoms with Crippen LogP contribution in [0.4, 0.5) is 13.2 Å². The first-order valence-corrected chi connectivity index (χ1v) is 7.07. The van der Waals surface area contributed by atoms with Crippen LogP contribution in [0.25, 0.3) is 0 Å². The fraction of sp³-hybridized carbons (Fsp3) is 0.267. The Labute approximate surface area is 129 Å². The highest BCUT2D eigenvalue weighted by Gasteiger charge is 2.31. The van der Waals surface area contributed by atoms with Gasteiger partial charge in [0.15, 0.2) is 0 Å². The number of benzene rings is 1. The van der Waals surface area contributed by atoms with E-state index in [2.05, 4.69) is 26.2 Å². The molecule has 0 aliphatic carbocycles. The number of pyridine rings is 1. The van der Waals surface area contributed by atoms with E-state index in [9.17, 15) is 13.2 Å². The maximum Gasteiger partial charge on any atom is 0.416 e. The summed E-state index contributed by atoms with van der Waals surface area (Å²) in [7, 11) is 1.71. The average Bonchev–Trinajstić information content (AvgIpc) is 2.40. The van der Waals surface area contributed by atoms with Crippen molar-refractivity contribution in [3.63, 3.8) is 0 Å². The van der Waals surface area contributed by atoms with Crippen LogP contribution >= 0.6 is 15.9 Å². The first-order chi connectivity index (χ1) is 9.82. The van der Waals surface area contributed by atoms with Crippen molar-refractivity contribution in [2.24, 2.45) is 0 Å². The van der Waals surface area contributed by atoms with Gasteiger partial charge in [-0.05, 0) is 48.9 Å². The standard InChI is InChI=1S/C15H14BrF3N2/c1-9-5-10(8-21-7-9)14(20-2)12-6-11(15(17,18)19)3-4-13(12)16/h3-8,14,20H,1-2H3. The van der Waals surface area contributed by atoms with Gasteiger partial charge >= 0.3 is 6.18 Å². The lowest BCUT2D eigenvalue weighted by molar-refractivity contribution is -0.137. The van der Waals surface area contributed by atoms with Gasteiger partial charge in [0.2, 0.25) is 0 Å². The maximum absolute atomic E-state index is 12.9. The molecule has 0 aliphatic heterocycles. The van der Waals surface area contributed by atoms with Crippen LogP contribution in [0.15, 0.2) is 41.1 Å². The Balaban J connectivity index is 2.52. The highest BCUT2D eigenvalue weighted by molar-refractivity contribution is 9.10. The van der Waals surface area contributed by atoms with Crippen LogP contribution in [0.2, 0.25) is 0 Å². The largest absolute Gasteiger partial charge is 0.416 e. The molecule has 0 radical (unpaired) electrons. The molecule has 2 rings (SSSR count). The molecule has 0 fully saturated rings. The summed E-state index contributed by atoms with van der Waals surface area (Å²) in [6.45, 7) is 1.89. The van der Waals surface area contributed by atoms with Crippen LogP contribution in [-0.2, 0) is 6.18 Å². The van der Waals surface area contributed by atoms with Crippen LogP contribution < -0.4 is 5.32 Å². The van der Waals surface area contributed by atoms with Gasteiger partial charge in [-0.1, -0.05) is 22.0 Å². The molecule has 1 aromatic carbocycles. The summed E-state index contributed by atoms with van der Waals surface area (Å²) >= 11 is 3.33. The smallest absolute Gasteiger partial charge is 0.309 e. The summed E-state index contributed by atoms with van der Waals surface area (Å²) < 4.78 is 39.3. The van der Waals surface area contributed by atoms with Gasteiger partial charge in [-0.3, -0.25) is 4.98 Å². The van der Waals surface area contributed by atoms with Gasteiger partial charge in [-0.25, -0.2) is 0 Å². The van der Waals surface area contributed by atoms with Crippen LogP contribution in [0, 0.1) is 6.92 Å². The summed E-state index contributed by atoms with van der Waals surface area (Å²) in [6.07, 6.45) is -1.00. The highest BCUT2D eigenvalue weighted by Crippen LogP contribution is 2.35. The topological polar surface area (TPSA) is 24.9 Å². The lowest BCUT2D eigenvalue weighted by atomic mass is 9.97. The van der Waals surface area contributed by atoms with Crippen molar-refractivity contribution in [2.75, 3.05) is 7.05 Å². The average molecular weight is 359 g/mol. The summed E-state index contributed by atoms with van der Waals surface area (Å²) in [5.41, 5.74) is 1.63. The van der Waals surface area contributed by atoms with Gasteiger partial charge in [0.25, 0.3) is 0 Å². The fourth-order valence-electron chi connectivity index (χ4n) is 2.18. The van der Waals surface area contributed by atoms with Gasteiger partial charge in [0.1, 0.15) is 0 Å². The third-order valence-corrected chi connectivity index (χ3v) is 3.87. The van der Waals surface area contributed by atoms with Crippen molar-refractivity contribution in [1.82, 2.24) is 10.3 Å². The minimum atomic E-state index is -4.36. The van der Waals surface area contributed by atoms with Crippen molar-refractivity contribution in [2.45, 2.75) is 19.1 Å². The molecule has 0 amide bonds. The molecule has 0 spiro atoms. The lowest BCUT2D eigenvalue weighted by Gasteiger charge is -2.20. The predicted octanol–water partition coefficient (Wildman–Crippen LogP) is 4.48. The quantitative estimate of drug-likeness (QED) is 0.874. The molecule has 2 nitrogen and oxygen atoms in total. The molecule has 1 atom stereocenters. The van der Waals surface area contributed by atoms with E-state index in [1.54, 1.807) is 19.4 Å². The second-order valence-electron chi connectivity index (χ2n) is 4.75. The molecule has 1 N–H and O–H groups in total. The van der Waals surface area contributed by atoms with E-state index in [1.807, 2.05) is 13.0 Å². The van der Waals surface area contributed by atoms with E-state index < -0.39 is 11.7 Å². The summed E-state index contributed by atoms with van der Waals surface area (Å²) in [5, 5.41) is 3.04. The van der Waals surface area contributed by atoms with Crippen molar-refractivity contribution < 1.29 is 13.2 Å². The van der Waals surface area contributed by atoms with Gasteiger partial charge in [0.05, 0.1) is 11.6 Å². The van der Waals surface area contributed by atoms with E-state index in [4.69, 9.17) is 0 Å². The predicted molar refractivity (Wildman–Crippen MR) is 79.0 cm³/mol. The monoisotopic (exact) mass is 358 g/mol. The third-order valence-electron chi connectivity index (χ3n) is 3.15. The second kappa shape index (κ2) is 6.15. The van der Waals surface area contributed by atoms with Crippen LogP contribution in [0.1, 0.15) is 28.3 Å². The highest BCUT2D eigenvalue weighted by atomic mass is 79.9. The zero-order valence-electron chi connectivity index (χ0n) is 11.5. The Morgan fingerprint density at radius 1 is 1.19 bits per heavy atom. The molecular weight excluding hydrogens is 345 g/mol. The molecule has 0 aliphatic rings. The number of alkyl halides is 3. The normalized spacial score (nSPS) is 13.2. The summed E-state index contributed by atoms with van der Waals surface area (Å²) in [4.78, 5) is 4.10. The number of hydrogen-bond donors (Lipinski definition) is 1. The number of aryl methyl sites for hydroxylation is 1. The Hall–Kier alpha value is -1.40. The molecular formula is C15H14BrF3N2. The van der Waals surface area contributed by atoms with E-state index >= 15 is 0 Å². The number of hydrogen-bond acceptors (Lipinski definition) is 2. The first kappa shape index (κ1) is 16.0. The fourth-order valence-corrected chi connectivity index (χ4v) is 2.65. The molecule has 0 saturated heterocycles. The molecule has 0 bridgehead atoms. The third kappa shape index (κ3) is 3.63. The zero-order chi connectivity index (χ0) is 15.6. The van der Waals surface area contributed by atoms with E-state index in [0.29, 0.717) is 10.0 Å². The molecule has 1 unspecified atom stereocenters. The molecule has 2 aromatic rings. The van der Waals surface area contributed by atoms with E-state index in [1.165, 1.54) is 6.07 Å². The molecule has 1 heterocycles. The number of halogens is 4. The Morgan fingerprint density at radius 3 is 2.48 bits per heavy atom. The summed E-state index contributed by atoms with van der Waals surface area (Å²) in [5.74, 6) is 0. The van der Waals surface area contributed by atoms with Gasteiger partial charge < -0.3 is 5.32 Å². The van der Waals surface area contributed by atoms with Crippen molar-refractivity contribution in [1.29, 1.82) is 0 Å². The van der Waals surface area contributed by atoms with Gasteiger partial charge in [-0.15, -0.1) is 0 Å². The SMILES string of the molecule is CNC(c1cncc(C)c1)c1cc(C(F)(F)F)ccc1Br. The van der Waals surface area contributed by atoms with Crippen molar-refractivity contribution in [3.8, 4) is 0 Å². The second-order valence-corrected chi connectivity index (χ2v) is 5.61. The zero-order valence-corrected chi connectivity index (χ0v) is 13.1. The minimum Gasteiger partial charge on any atom is -0.309 e. The molecule has 112 valence electrons. The first-order valence-electron chi connectivity index (χ1n) is 6.28. The number of aromatic nitrogens is 1. The lowest BCUT2D eigenvalue weighted by Crippen LogP contribution is -2.19. The number of nitrogens with zero attached hydrogens (tertiary/aromatic N) is 1. The van der Waals surface area contributed by atoms with Crippen LogP contribution in [-0.4, -0.2) is 12.0 Å². The molecule has 21 heavy (non-hydrogen) atoms. The van der Waals surface area contributed by atoms with E-state index in [0.717, 1.165) is 23.3 Å². The number of rotatable bonds is 3. The number of nitrogens with one attached hydrogen (secondary N) is 1. The van der Waals surface area contributed by atoms with Gasteiger partial charge in [-0.2, -0.15) is 13.2 Å². The van der Waals surface area contributed by atoms with Gasteiger partial charge in [0, 0.05) is 16.9 Å². The Kier molecular flexibility index (Phi) is 4.68. The molecule has 0 saturated carbocycles. The molecule has 6 heteroatoms. The summed E-state index contributed by atoms with van der Waals surface area (Å²) in [6, 6.07) is 5.18.